The maximum absolute atomic E-state index is 12.3. The Labute approximate surface area is 131 Å². The topological polar surface area (TPSA) is 126 Å². The monoisotopic (exact) mass is 336 g/mol. The first-order chi connectivity index (χ1) is 10.3. The molecule has 0 bridgehead atoms. The van der Waals surface area contributed by atoms with Gasteiger partial charge in [-0.2, -0.15) is 5.26 Å². The van der Waals surface area contributed by atoms with Crippen molar-refractivity contribution in [2.24, 2.45) is 5.73 Å². The number of anilines is 1. The molecular weight excluding hydrogens is 328 g/mol. The summed E-state index contributed by atoms with van der Waals surface area (Å²) in [5, 5.41) is 8.79. The zero-order valence-corrected chi connectivity index (χ0v) is 12.5. The second kappa shape index (κ2) is 6.01. The second-order valence-electron chi connectivity index (χ2n) is 4.14. The number of halogens is 1. The number of benzene rings is 1. The minimum absolute atomic E-state index is 0.00619. The summed E-state index contributed by atoms with van der Waals surface area (Å²) in [7, 11) is -4.01. The summed E-state index contributed by atoms with van der Waals surface area (Å²) in [5.74, 6) is -0.794. The van der Waals surface area contributed by atoms with E-state index in [1.54, 1.807) is 0 Å². The smallest absolute Gasteiger partial charge is 0.262 e. The maximum atomic E-state index is 12.3. The number of nitrogens with two attached hydrogens (primary N) is 1. The lowest BCUT2D eigenvalue weighted by Gasteiger charge is -2.10. The Kier molecular flexibility index (Phi) is 4.30. The minimum atomic E-state index is -4.01. The number of nitrogens with zero attached hydrogens (tertiary/aromatic N) is 2. The van der Waals surface area contributed by atoms with Crippen molar-refractivity contribution in [1.82, 2.24) is 4.98 Å². The van der Waals surface area contributed by atoms with Crippen LogP contribution in [0.5, 0.6) is 0 Å². The fourth-order valence-corrected chi connectivity index (χ4v) is 3.03. The van der Waals surface area contributed by atoms with Gasteiger partial charge in [-0.3, -0.25) is 14.5 Å². The van der Waals surface area contributed by atoms with Gasteiger partial charge in [-0.15, -0.1) is 0 Å². The quantitative estimate of drug-likeness (QED) is 0.875. The molecule has 1 aromatic carbocycles. The number of hydrogen-bond acceptors (Lipinski definition) is 5. The van der Waals surface area contributed by atoms with E-state index in [-0.39, 0.29) is 26.7 Å². The van der Waals surface area contributed by atoms with Crippen LogP contribution in [0, 0.1) is 11.3 Å². The average Bonchev–Trinajstić information content (AvgIpc) is 2.47. The zero-order valence-electron chi connectivity index (χ0n) is 10.9. The zero-order chi connectivity index (χ0) is 16.3. The third-order valence-corrected chi connectivity index (χ3v) is 4.38. The summed E-state index contributed by atoms with van der Waals surface area (Å²) >= 11 is 5.82. The first-order valence-corrected chi connectivity index (χ1v) is 7.67. The number of nitriles is 1. The first kappa shape index (κ1) is 15.8. The maximum Gasteiger partial charge on any atom is 0.262 e. The van der Waals surface area contributed by atoms with Gasteiger partial charge in [0.25, 0.3) is 15.9 Å². The van der Waals surface area contributed by atoms with Gasteiger partial charge < -0.3 is 5.73 Å². The van der Waals surface area contributed by atoms with Crippen LogP contribution in [-0.2, 0) is 10.0 Å². The highest BCUT2D eigenvalue weighted by molar-refractivity contribution is 7.92. The molecule has 3 N–H and O–H groups in total. The molecule has 0 fully saturated rings. The van der Waals surface area contributed by atoms with E-state index in [0.29, 0.717) is 0 Å². The summed E-state index contributed by atoms with van der Waals surface area (Å²) in [4.78, 5) is 14.9. The van der Waals surface area contributed by atoms with Gasteiger partial charge in [-0.05, 0) is 24.3 Å². The number of pyridine rings is 1. The van der Waals surface area contributed by atoms with Gasteiger partial charge in [0.15, 0.2) is 0 Å². The molecule has 1 aromatic heterocycles. The van der Waals surface area contributed by atoms with E-state index in [0.717, 1.165) is 6.07 Å². The average molecular weight is 337 g/mol. The molecule has 9 heteroatoms. The Morgan fingerprint density at radius 2 is 2.09 bits per heavy atom. The van der Waals surface area contributed by atoms with Crippen LogP contribution in [0.1, 0.15) is 15.9 Å². The second-order valence-corrected chi connectivity index (χ2v) is 6.23. The van der Waals surface area contributed by atoms with Crippen molar-refractivity contribution in [2.45, 2.75) is 4.90 Å². The molecule has 0 unspecified atom stereocenters. The lowest BCUT2D eigenvalue weighted by atomic mass is 10.2. The summed E-state index contributed by atoms with van der Waals surface area (Å²) in [6, 6.07) is 6.78. The van der Waals surface area contributed by atoms with Crippen molar-refractivity contribution in [1.29, 1.82) is 5.26 Å². The van der Waals surface area contributed by atoms with Crippen molar-refractivity contribution in [3.63, 3.8) is 0 Å². The van der Waals surface area contributed by atoms with E-state index in [9.17, 15) is 13.2 Å². The van der Waals surface area contributed by atoms with Gasteiger partial charge >= 0.3 is 0 Å². The lowest BCUT2D eigenvalue weighted by molar-refractivity contribution is 0.100. The van der Waals surface area contributed by atoms with E-state index in [4.69, 9.17) is 22.6 Å². The fraction of sp³-hybridized carbons (Fsp3) is 0. The van der Waals surface area contributed by atoms with Gasteiger partial charge in [0.05, 0.1) is 32.9 Å². The van der Waals surface area contributed by atoms with Crippen LogP contribution < -0.4 is 10.5 Å². The number of hydrogen-bond donors (Lipinski definition) is 2. The standard InChI is InChI=1S/C13H9ClN4O3S/c14-11-5-9(2-1-8(11)6-15)22(20,21)18-12-7-17-4-3-10(12)13(16)19/h1-5,7,18H,(H2,16,19). The summed E-state index contributed by atoms with van der Waals surface area (Å²) < 4.78 is 26.8. The molecule has 0 aliphatic rings. The van der Waals surface area contributed by atoms with Crippen LogP contribution in [0.25, 0.3) is 0 Å². The molecule has 7 nitrogen and oxygen atoms in total. The highest BCUT2D eigenvalue weighted by Gasteiger charge is 2.19. The van der Waals surface area contributed by atoms with Crippen LogP contribution in [0.15, 0.2) is 41.6 Å². The highest BCUT2D eigenvalue weighted by atomic mass is 35.5. The minimum Gasteiger partial charge on any atom is -0.366 e. The SMILES string of the molecule is N#Cc1ccc(S(=O)(=O)Nc2cnccc2C(N)=O)cc1Cl. The number of sulfonamides is 1. The molecule has 0 atom stereocenters. The Morgan fingerprint density at radius 3 is 2.68 bits per heavy atom. The number of nitrogens with one attached hydrogen (secondary N) is 1. The van der Waals surface area contributed by atoms with Crippen LogP contribution in [0.3, 0.4) is 0 Å². The van der Waals surface area contributed by atoms with Crippen LogP contribution in [0.4, 0.5) is 5.69 Å². The molecule has 22 heavy (non-hydrogen) atoms. The molecule has 0 saturated heterocycles. The van der Waals surface area contributed by atoms with Gasteiger partial charge in [0, 0.05) is 6.20 Å². The Balaban J connectivity index is 2.43. The molecule has 112 valence electrons. The summed E-state index contributed by atoms with van der Waals surface area (Å²) in [6.45, 7) is 0. The van der Waals surface area contributed by atoms with Gasteiger partial charge in [-0.1, -0.05) is 11.6 Å². The van der Waals surface area contributed by atoms with Gasteiger partial charge in [-0.25, -0.2) is 8.42 Å². The molecule has 1 amide bonds. The molecule has 1 heterocycles. The van der Waals surface area contributed by atoms with E-state index in [1.807, 2.05) is 6.07 Å². The third kappa shape index (κ3) is 3.16. The summed E-state index contributed by atoms with van der Waals surface area (Å²) in [5.41, 5.74) is 5.27. The molecule has 0 radical (unpaired) electrons. The van der Waals surface area contributed by atoms with E-state index in [1.165, 1.54) is 30.6 Å². The molecule has 2 rings (SSSR count). The van der Waals surface area contributed by atoms with Gasteiger partial charge in [0.2, 0.25) is 0 Å². The summed E-state index contributed by atoms with van der Waals surface area (Å²) in [6.07, 6.45) is 2.49. The molecular formula is C13H9ClN4O3S. The molecule has 0 aliphatic carbocycles. The fourth-order valence-electron chi connectivity index (χ4n) is 1.65. The predicted molar refractivity (Wildman–Crippen MR) is 79.7 cm³/mol. The van der Waals surface area contributed by atoms with Crippen LogP contribution >= 0.6 is 11.6 Å². The molecule has 0 aliphatic heterocycles. The third-order valence-electron chi connectivity index (χ3n) is 2.70. The largest absolute Gasteiger partial charge is 0.366 e. The van der Waals surface area contributed by atoms with E-state index < -0.39 is 15.9 Å². The number of primary amides is 1. The van der Waals surface area contributed by atoms with Crippen molar-refractivity contribution in [3.05, 3.63) is 52.8 Å². The van der Waals surface area contributed by atoms with Crippen molar-refractivity contribution >= 4 is 33.2 Å². The Bertz CT molecular complexity index is 890. The normalized spacial score (nSPS) is 10.7. The van der Waals surface area contributed by atoms with Crippen molar-refractivity contribution in [2.75, 3.05) is 4.72 Å². The number of amides is 1. The number of aromatic nitrogens is 1. The Morgan fingerprint density at radius 1 is 1.36 bits per heavy atom. The van der Waals surface area contributed by atoms with Gasteiger partial charge in [0.1, 0.15) is 6.07 Å². The van der Waals surface area contributed by atoms with Crippen LogP contribution in [0.2, 0.25) is 5.02 Å². The number of rotatable bonds is 4. The van der Waals surface area contributed by atoms with Crippen molar-refractivity contribution < 1.29 is 13.2 Å². The molecule has 0 spiro atoms. The van der Waals surface area contributed by atoms with Crippen LogP contribution in [-0.4, -0.2) is 19.3 Å². The highest BCUT2D eigenvalue weighted by Crippen LogP contribution is 2.23. The molecule has 2 aromatic rings. The van der Waals surface area contributed by atoms with E-state index in [2.05, 4.69) is 9.71 Å². The van der Waals surface area contributed by atoms with E-state index >= 15 is 0 Å². The lowest BCUT2D eigenvalue weighted by Crippen LogP contribution is -2.19. The first-order valence-electron chi connectivity index (χ1n) is 5.81. The number of carbonyl (C=O) groups excluding carboxylic acids is 1. The predicted octanol–water partition coefficient (Wildman–Crippen LogP) is 1.51. The molecule has 0 saturated carbocycles. The number of carbonyl (C=O) groups is 1. The Hall–Kier alpha value is -2.63. The van der Waals surface area contributed by atoms with Crippen molar-refractivity contribution in [3.8, 4) is 6.07 Å².